The Morgan fingerprint density at radius 3 is 2.81 bits per heavy atom. The predicted molar refractivity (Wildman–Crippen MR) is 85.1 cm³/mol. The first-order valence-corrected chi connectivity index (χ1v) is 8.52. The topological polar surface area (TPSA) is 39.9 Å². The van der Waals surface area contributed by atoms with Crippen LogP contribution >= 0.6 is 11.8 Å². The molecule has 0 aliphatic heterocycles. The summed E-state index contributed by atoms with van der Waals surface area (Å²) in [6.07, 6.45) is 2.53. The Morgan fingerprint density at radius 2 is 2.10 bits per heavy atom. The van der Waals surface area contributed by atoms with Gasteiger partial charge in [-0.3, -0.25) is 0 Å². The average molecular weight is 303 g/mol. The molecule has 1 aromatic carbocycles. The molecule has 0 N–H and O–H groups in total. The Bertz CT molecular complexity index is 607. The van der Waals surface area contributed by atoms with Gasteiger partial charge in [-0.2, -0.15) is 0 Å². The molecule has 1 aliphatic rings. The molecule has 0 amide bonds. The molecule has 1 fully saturated rings. The fourth-order valence-corrected chi connectivity index (χ4v) is 3.18. The molecule has 1 saturated carbocycles. The first-order valence-electron chi connectivity index (χ1n) is 7.54. The molecule has 4 nitrogen and oxygen atoms in total. The van der Waals surface area contributed by atoms with Crippen LogP contribution in [0.25, 0.3) is 0 Å². The van der Waals surface area contributed by atoms with Crippen LogP contribution in [0.2, 0.25) is 0 Å². The molecule has 0 saturated heterocycles. The molecule has 0 unspecified atom stereocenters. The van der Waals surface area contributed by atoms with Crippen molar-refractivity contribution in [2.75, 3.05) is 12.4 Å². The van der Waals surface area contributed by atoms with Crippen molar-refractivity contribution in [3.8, 4) is 5.75 Å². The van der Waals surface area contributed by atoms with Crippen LogP contribution in [-0.2, 0) is 6.54 Å². The summed E-state index contributed by atoms with van der Waals surface area (Å²) < 4.78 is 8.07. The molecule has 0 atom stereocenters. The minimum absolute atomic E-state index is 0.648. The molecule has 112 valence electrons. The van der Waals surface area contributed by atoms with Gasteiger partial charge in [0.1, 0.15) is 11.6 Å². The summed E-state index contributed by atoms with van der Waals surface area (Å²) in [6, 6.07) is 8.11. The third-order valence-corrected chi connectivity index (χ3v) is 4.60. The number of ether oxygens (including phenoxy) is 1. The van der Waals surface area contributed by atoms with Gasteiger partial charge in [-0.05, 0) is 38.3 Å². The number of hydrogen-bond donors (Lipinski definition) is 0. The first-order chi connectivity index (χ1) is 10.3. The van der Waals surface area contributed by atoms with Crippen LogP contribution in [0.4, 0.5) is 0 Å². The molecule has 0 radical (unpaired) electrons. The molecular weight excluding hydrogens is 282 g/mol. The van der Waals surface area contributed by atoms with Gasteiger partial charge >= 0.3 is 0 Å². The first kappa shape index (κ1) is 14.4. The summed E-state index contributed by atoms with van der Waals surface area (Å²) >= 11 is 1.73. The van der Waals surface area contributed by atoms with E-state index >= 15 is 0 Å². The van der Waals surface area contributed by atoms with E-state index in [0.717, 1.165) is 23.2 Å². The zero-order valence-electron chi connectivity index (χ0n) is 12.6. The summed E-state index contributed by atoms with van der Waals surface area (Å²) in [5.74, 6) is 3.67. The minimum atomic E-state index is 0.648. The predicted octanol–water partition coefficient (Wildman–Crippen LogP) is 3.65. The summed E-state index contributed by atoms with van der Waals surface area (Å²) in [6.45, 7) is 5.85. The zero-order valence-corrected chi connectivity index (χ0v) is 13.4. The smallest absolute Gasteiger partial charge is 0.191 e. The van der Waals surface area contributed by atoms with E-state index in [0.29, 0.717) is 12.5 Å². The maximum absolute atomic E-state index is 5.82. The summed E-state index contributed by atoms with van der Waals surface area (Å²) in [7, 11) is 0. The number of aromatic nitrogens is 3. The Labute approximate surface area is 129 Å². The highest BCUT2D eigenvalue weighted by molar-refractivity contribution is 7.99. The molecule has 21 heavy (non-hydrogen) atoms. The fraction of sp³-hybridized carbons (Fsp3) is 0.500. The van der Waals surface area contributed by atoms with Crippen molar-refractivity contribution in [2.24, 2.45) is 0 Å². The standard InChI is InChI=1S/C16H21N3OS/c1-3-19-15(13-8-9-13)17-18-16(19)21-11-10-20-14-7-5-4-6-12(14)2/h4-7,13H,3,8-11H2,1-2H3. The highest BCUT2D eigenvalue weighted by Crippen LogP contribution is 2.39. The number of para-hydroxylation sites is 1. The molecule has 1 aliphatic carbocycles. The fourth-order valence-electron chi connectivity index (χ4n) is 2.35. The van der Waals surface area contributed by atoms with Gasteiger partial charge in [-0.15, -0.1) is 10.2 Å². The minimum Gasteiger partial charge on any atom is -0.492 e. The van der Waals surface area contributed by atoms with Crippen molar-refractivity contribution in [1.29, 1.82) is 0 Å². The van der Waals surface area contributed by atoms with E-state index in [4.69, 9.17) is 4.74 Å². The van der Waals surface area contributed by atoms with E-state index in [-0.39, 0.29) is 0 Å². The Kier molecular flexibility index (Phi) is 4.48. The Morgan fingerprint density at radius 1 is 1.29 bits per heavy atom. The molecule has 0 bridgehead atoms. The molecular formula is C16H21N3OS. The zero-order chi connectivity index (χ0) is 14.7. The SMILES string of the molecule is CCn1c(SCCOc2ccccc2C)nnc1C1CC1. The van der Waals surface area contributed by atoms with E-state index in [1.165, 1.54) is 24.2 Å². The van der Waals surface area contributed by atoms with Crippen LogP contribution in [0.3, 0.4) is 0 Å². The maximum Gasteiger partial charge on any atom is 0.191 e. The van der Waals surface area contributed by atoms with Crippen LogP contribution in [0.1, 0.15) is 37.1 Å². The largest absolute Gasteiger partial charge is 0.492 e. The lowest BCUT2D eigenvalue weighted by Gasteiger charge is -2.09. The van der Waals surface area contributed by atoms with Crippen molar-refractivity contribution in [3.05, 3.63) is 35.7 Å². The van der Waals surface area contributed by atoms with Gasteiger partial charge in [0.15, 0.2) is 5.16 Å². The normalized spacial score (nSPS) is 14.4. The Hall–Kier alpha value is -1.49. The van der Waals surface area contributed by atoms with Crippen molar-refractivity contribution in [1.82, 2.24) is 14.8 Å². The number of benzene rings is 1. The second-order valence-electron chi connectivity index (χ2n) is 5.32. The van der Waals surface area contributed by atoms with Crippen LogP contribution < -0.4 is 4.74 Å². The van der Waals surface area contributed by atoms with Crippen LogP contribution in [0.15, 0.2) is 29.4 Å². The van der Waals surface area contributed by atoms with Gasteiger partial charge in [0.2, 0.25) is 0 Å². The van der Waals surface area contributed by atoms with Gasteiger partial charge in [0, 0.05) is 18.2 Å². The number of rotatable bonds is 7. The van der Waals surface area contributed by atoms with Gasteiger partial charge in [-0.1, -0.05) is 30.0 Å². The number of hydrogen-bond acceptors (Lipinski definition) is 4. The van der Waals surface area contributed by atoms with E-state index < -0.39 is 0 Å². The summed E-state index contributed by atoms with van der Waals surface area (Å²) in [5.41, 5.74) is 1.18. The van der Waals surface area contributed by atoms with Gasteiger partial charge in [0.05, 0.1) is 6.61 Å². The monoisotopic (exact) mass is 303 g/mol. The molecule has 0 spiro atoms. The lowest BCUT2D eigenvalue weighted by Crippen LogP contribution is -2.05. The third kappa shape index (κ3) is 3.40. The molecule has 5 heteroatoms. The summed E-state index contributed by atoms with van der Waals surface area (Å²) in [4.78, 5) is 0. The maximum atomic E-state index is 5.82. The van der Waals surface area contributed by atoms with Crippen LogP contribution in [0.5, 0.6) is 5.75 Å². The van der Waals surface area contributed by atoms with Crippen LogP contribution in [0, 0.1) is 6.92 Å². The quantitative estimate of drug-likeness (QED) is 0.578. The van der Waals surface area contributed by atoms with Gasteiger partial charge < -0.3 is 9.30 Å². The molecule has 1 heterocycles. The van der Waals surface area contributed by atoms with Crippen LogP contribution in [-0.4, -0.2) is 27.1 Å². The Balaban J connectivity index is 1.52. The third-order valence-electron chi connectivity index (χ3n) is 3.67. The van der Waals surface area contributed by atoms with E-state index in [9.17, 15) is 0 Å². The highest BCUT2D eigenvalue weighted by atomic mass is 32.2. The average Bonchev–Trinajstić information content (AvgIpc) is 3.26. The lowest BCUT2D eigenvalue weighted by atomic mass is 10.2. The second kappa shape index (κ2) is 6.52. The number of nitrogens with zero attached hydrogens (tertiary/aromatic N) is 3. The number of thioether (sulfide) groups is 1. The van der Waals surface area contributed by atoms with Crippen molar-refractivity contribution >= 4 is 11.8 Å². The summed E-state index contributed by atoms with van der Waals surface area (Å²) in [5, 5.41) is 9.70. The lowest BCUT2D eigenvalue weighted by molar-refractivity contribution is 0.341. The van der Waals surface area contributed by atoms with E-state index in [2.05, 4.69) is 34.7 Å². The van der Waals surface area contributed by atoms with E-state index in [1.54, 1.807) is 11.8 Å². The molecule has 3 rings (SSSR count). The highest BCUT2D eigenvalue weighted by Gasteiger charge is 2.29. The van der Waals surface area contributed by atoms with Crippen molar-refractivity contribution in [2.45, 2.75) is 44.3 Å². The van der Waals surface area contributed by atoms with Crippen molar-refractivity contribution < 1.29 is 4.74 Å². The van der Waals surface area contributed by atoms with Crippen molar-refractivity contribution in [3.63, 3.8) is 0 Å². The molecule has 1 aromatic heterocycles. The second-order valence-corrected chi connectivity index (χ2v) is 6.38. The number of aryl methyl sites for hydroxylation is 1. The molecule has 2 aromatic rings. The van der Waals surface area contributed by atoms with E-state index in [1.807, 2.05) is 18.2 Å². The van der Waals surface area contributed by atoms with Gasteiger partial charge in [-0.25, -0.2) is 0 Å². The van der Waals surface area contributed by atoms with Gasteiger partial charge in [0.25, 0.3) is 0 Å².